The Kier molecular flexibility index (Phi) is 3.93. The first-order chi connectivity index (χ1) is 7.81. The highest BCUT2D eigenvalue weighted by Gasteiger charge is 2.25. The summed E-state index contributed by atoms with van der Waals surface area (Å²) in [5, 5.41) is 7.42. The fourth-order valence-electron chi connectivity index (χ4n) is 2.23. The average Bonchev–Trinajstić information content (AvgIpc) is 2.78. The van der Waals surface area contributed by atoms with E-state index in [1.165, 1.54) is 0 Å². The number of alkyl halides is 1. The molecule has 2 heterocycles. The monoisotopic (exact) mass is 225 g/mol. The van der Waals surface area contributed by atoms with E-state index >= 15 is 0 Å². The molecule has 2 unspecified atom stereocenters. The maximum Gasteiger partial charge on any atom is 0.143 e. The van der Waals surface area contributed by atoms with Crippen LogP contribution in [0.15, 0.2) is 12.4 Å². The van der Waals surface area contributed by atoms with Gasteiger partial charge in [-0.25, -0.2) is 4.39 Å². The molecule has 1 aliphatic rings. The van der Waals surface area contributed by atoms with Gasteiger partial charge in [-0.15, -0.1) is 0 Å². The van der Waals surface area contributed by atoms with Crippen molar-refractivity contribution in [3.05, 3.63) is 18.0 Å². The van der Waals surface area contributed by atoms with Gasteiger partial charge in [0.05, 0.1) is 6.20 Å². The number of halogens is 1. The molecule has 0 amide bonds. The van der Waals surface area contributed by atoms with Crippen molar-refractivity contribution < 1.29 is 4.39 Å². The molecule has 1 saturated heterocycles. The molecule has 2 atom stereocenters. The number of nitrogens with one attached hydrogen (secondary N) is 1. The van der Waals surface area contributed by atoms with Crippen LogP contribution in [0.25, 0.3) is 0 Å². The van der Waals surface area contributed by atoms with Crippen LogP contribution in [0.4, 0.5) is 4.39 Å². The molecule has 0 aromatic carbocycles. The molecule has 0 saturated carbocycles. The summed E-state index contributed by atoms with van der Waals surface area (Å²) in [6.45, 7) is 3.90. The van der Waals surface area contributed by atoms with Gasteiger partial charge >= 0.3 is 0 Å². The Labute approximate surface area is 96.0 Å². The molecule has 1 fully saturated rings. The zero-order valence-corrected chi connectivity index (χ0v) is 9.82. The molecule has 1 aliphatic heterocycles. The maximum atomic E-state index is 14.2. The van der Waals surface area contributed by atoms with Crippen molar-refractivity contribution in [2.75, 3.05) is 6.54 Å². The van der Waals surface area contributed by atoms with Crippen LogP contribution in [0.1, 0.15) is 44.3 Å². The minimum Gasteiger partial charge on any atom is -0.311 e. The average molecular weight is 225 g/mol. The Morgan fingerprint density at radius 3 is 3.19 bits per heavy atom. The van der Waals surface area contributed by atoms with Gasteiger partial charge in [0.25, 0.3) is 0 Å². The van der Waals surface area contributed by atoms with Crippen LogP contribution >= 0.6 is 0 Å². The molecule has 90 valence electrons. The molecule has 16 heavy (non-hydrogen) atoms. The van der Waals surface area contributed by atoms with Gasteiger partial charge in [-0.3, -0.25) is 4.68 Å². The lowest BCUT2D eigenvalue weighted by Gasteiger charge is -2.25. The predicted octanol–water partition coefficient (Wildman–Crippen LogP) is 2.45. The molecule has 0 radical (unpaired) electrons. The Bertz CT molecular complexity index is 318. The third-order valence-corrected chi connectivity index (χ3v) is 3.13. The largest absolute Gasteiger partial charge is 0.311 e. The summed E-state index contributed by atoms with van der Waals surface area (Å²) in [6.07, 6.45) is 6.84. The van der Waals surface area contributed by atoms with Gasteiger partial charge in [0, 0.05) is 24.3 Å². The van der Waals surface area contributed by atoms with Crippen molar-refractivity contribution in [1.29, 1.82) is 0 Å². The third kappa shape index (κ3) is 2.61. The van der Waals surface area contributed by atoms with E-state index in [1.54, 1.807) is 6.20 Å². The Hall–Kier alpha value is -0.900. The third-order valence-electron chi connectivity index (χ3n) is 3.13. The van der Waals surface area contributed by atoms with Gasteiger partial charge in [0.15, 0.2) is 0 Å². The molecule has 2 rings (SSSR count). The number of hydrogen-bond donors (Lipinski definition) is 1. The number of rotatable bonds is 4. The van der Waals surface area contributed by atoms with Crippen LogP contribution in [0.5, 0.6) is 0 Å². The minimum absolute atomic E-state index is 0.0203. The molecule has 0 bridgehead atoms. The maximum absolute atomic E-state index is 14.2. The zero-order chi connectivity index (χ0) is 11.4. The first kappa shape index (κ1) is 11.6. The summed E-state index contributed by atoms with van der Waals surface area (Å²) >= 11 is 0. The van der Waals surface area contributed by atoms with Crippen molar-refractivity contribution in [3.63, 3.8) is 0 Å². The lowest BCUT2D eigenvalue weighted by Crippen LogP contribution is -2.37. The van der Waals surface area contributed by atoms with E-state index in [2.05, 4.69) is 17.3 Å². The predicted molar refractivity (Wildman–Crippen MR) is 62.0 cm³/mol. The Morgan fingerprint density at radius 1 is 1.62 bits per heavy atom. The molecular weight excluding hydrogens is 205 g/mol. The molecule has 1 aromatic rings. The second-order valence-electron chi connectivity index (χ2n) is 4.49. The van der Waals surface area contributed by atoms with E-state index in [-0.39, 0.29) is 6.04 Å². The van der Waals surface area contributed by atoms with Crippen molar-refractivity contribution >= 4 is 0 Å². The van der Waals surface area contributed by atoms with Crippen molar-refractivity contribution in [3.8, 4) is 0 Å². The second-order valence-corrected chi connectivity index (χ2v) is 4.49. The lowest BCUT2D eigenvalue weighted by molar-refractivity contribution is 0.221. The van der Waals surface area contributed by atoms with Crippen LogP contribution in [0.2, 0.25) is 0 Å². The lowest BCUT2D eigenvalue weighted by atomic mass is 9.98. The van der Waals surface area contributed by atoms with Gasteiger partial charge < -0.3 is 5.32 Å². The highest BCUT2D eigenvalue weighted by molar-refractivity contribution is 5.11. The smallest absolute Gasteiger partial charge is 0.143 e. The first-order valence-electron chi connectivity index (χ1n) is 6.21. The quantitative estimate of drug-likeness (QED) is 0.853. The van der Waals surface area contributed by atoms with E-state index in [4.69, 9.17) is 0 Å². The molecule has 0 aliphatic carbocycles. The number of piperidine rings is 1. The molecular formula is C12H20FN3. The molecule has 1 aromatic heterocycles. The first-order valence-corrected chi connectivity index (χ1v) is 6.21. The van der Waals surface area contributed by atoms with Crippen molar-refractivity contribution in [2.24, 2.45) is 0 Å². The summed E-state index contributed by atoms with van der Waals surface area (Å²) in [5.74, 6) is 0. The fourth-order valence-corrected chi connectivity index (χ4v) is 2.23. The topological polar surface area (TPSA) is 29.9 Å². The summed E-state index contributed by atoms with van der Waals surface area (Å²) in [7, 11) is 0. The van der Waals surface area contributed by atoms with Crippen LogP contribution in [-0.4, -0.2) is 22.4 Å². The second kappa shape index (κ2) is 5.43. The summed E-state index contributed by atoms with van der Waals surface area (Å²) in [5.41, 5.74) is 0.716. The van der Waals surface area contributed by atoms with Gasteiger partial charge in [0.1, 0.15) is 6.17 Å². The molecule has 1 N–H and O–H groups in total. The van der Waals surface area contributed by atoms with E-state index < -0.39 is 6.17 Å². The van der Waals surface area contributed by atoms with Gasteiger partial charge in [0.2, 0.25) is 0 Å². The SMILES string of the molecule is CCCn1cc(C(F)C2CCCCN2)cn1. The van der Waals surface area contributed by atoms with Crippen LogP contribution in [-0.2, 0) is 6.54 Å². The van der Waals surface area contributed by atoms with E-state index in [0.717, 1.165) is 38.8 Å². The molecule has 4 heteroatoms. The number of aryl methyl sites for hydroxylation is 1. The summed E-state index contributed by atoms with van der Waals surface area (Å²) < 4.78 is 16.0. The van der Waals surface area contributed by atoms with Gasteiger partial charge in [-0.2, -0.15) is 5.10 Å². The van der Waals surface area contributed by atoms with Crippen molar-refractivity contribution in [1.82, 2.24) is 15.1 Å². The number of nitrogens with zero attached hydrogens (tertiary/aromatic N) is 2. The van der Waals surface area contributed by atoms with Crippen LogP contribution < -0.4 is 5.32 Å². The van der Waals surface area contributed by atoms with E-state index in [9.17, 15) is 4.39 Å². The van der Waals surface area contributed by atoms with Crippen LogP contribution in [0, 0.1) is 0 Å². The minimum atomic E-state index is -0.911. The number of aromatic nitrogens is 2. The highest BCUT2D eigenvalue weighted by atomic mass is 19.1. The highest BCUT2D eigenvalue weighted by Crippen LogP contribution is 2.26. The van der Waals surface area contributed by atoms with E-state index in [0.29, 0.717) is 5.56 Å². The summed E-state index contributed by atoms with van der Waals surface area (Å²) in [6, 6.07) is -0.0203. The number of hydrogen-bond acceptors (Lipinski definition) is 2. The van der Waals surface area contributed by atoms with Gasteiger partial charge in [-0.1, -0.05) is 13.3 Å². The Morgan fingerprint density at radius 2 is 2.50 bits per heavy atom. The van der Waals surface area contributed by atoms with Crippen molar-refractivity contribution in [2.45, 2.75) is 51.4 Å². The van der Waals surface area contributed by atoms with Gasteiger partial charge in [-0.05, 0) is 25.8 Å². The van der Waals surface area contributed by atoms with E-state index in [1.807, 2.05) is 10.9 Å². The zero-order valence-electron chi connectivity index (χ0n) is 9.82. The van der Waals surface area contributed by atoms with Crippen LogP contribution in [0.3, 0.4) is 0 Å². The normalized spacial score (nSPS) is 23.2. The molecule has 3 nitrogen and oxygen atoms in total. The standard InChI is InChI=1S/C12H20FN3/c1-2-7-16-9-10(8-15-16)12(13)11-5-3-4-6-14-11/h8-9,11-12,14H,2-7H2,1H3. The Balaban J connectivity index is 1.98. The fraction of sp³-hybridized carbons (Fsp3) is 0.750. The summed E-state index contributed by atoms with van der Waals surface area (Å²) in [4.78, 5) is 0. The molecule has 0 spiro atoms.